The van der Waals surface area contributed by atoms with Crippen molar-refractivity contribution in [2.24, 2.45) is 0 Å². The first kappa shape index (κ1) is 11.6. The first-order valence-electron chi connectivity index (χ1n) is 5.65. The topological polar surface area (TPSA) is 42.0 Å². The Labute approximate surface area is 96.0 Å². The highest BCUT2D eigenvalue weighted by Crippen LogP contribution is 2.38. The standard InChI is InChI=1S/C13H18O3/c1-13(12(9-14)16-13)7-8-15-10-11-5-3-2-4-6-11/h2-6,12,14H,7-10H2,1H3/t12-,13-/m1/s1. The van der Waals surface area contributed by atoms with Gasteiger partial charge in [0.05, 0.1) is 18.8 Å². The number of ether oxygens (including phenoxy) is 2. The Kier molecular flexibility index (Phi) is 3.59. The van der Waals surface area contributed by atoms with Crippen LogP contribution in [0.4, 0.5) is 0 Å². The van der Waals surface area contributed by atoms with E-state index in [-0.39, 0.29) is 18.3 Å². The molecule has 1 aromatic rings. The van der Waals surface area contributed by atoms with Gasteiger partial charge in [0, 0.05) is 13.0 Å². The largest absolute Gasteiger partial charge is 0.394 e. The van der Waals surface area contributed by atoms with Crippen molar-refractivity contribution >= 4 is 0 Å². The molecule has 0 radical (unpaired) electrons. The summed E-state index contributed by atoms with van der Waals surface area (Å²) in [6.45, 7) is 3.43. The lowest BCUT2D eigenvalue weighted by Crippen LogP contribution is -2.15. The summed E-state index contributed by atoms with van der Waals surface area (Å²) >= 11 is 0. The Balaban J connectivity index is 1.63. The normalized spacial score (nSPS) is 28.0. The lowest BCUT2D eigenvalue weighted by Gasteiger charge is -2.07. The van der Waals surface area contributed by atoms with Gasteiger partial charge in [0.1, 0.15) is 6.10 Å². The Morgan fingerprint density at radius 1 is 1.38 bits per heavy atom. The van der Waals surface area contributed by atoms with Gasteiger partial charge in [-0.3, -0.25) is 0 Å². The molecule has 16 heavy (non-hydrogen) atoms. The molecule has 0 spiro atoms. The molecule has 2 rings (SSSR count). The summed E-state index contributed by atoms with van der Waals surface area (Å²) in [6.07, 6.45) is 0.846. The molecule has 1 N–H and O–H groups in total. The molecule has 3 heteroatoms. The van der Waals surface area contributed by atoms with Gasteiger partial charge < -0.3 is 14.6 Å². The summed E-state index contributed by atoms with van der Waals surface area (Å²) in [6, 6.07) is 10.1. The van der Waals surface area contributed by atoms with E-state index < -0.39 is 0 Å². The van der Waals surface area contributed by atoms with Gasteiger partial charge in [0.25, 0.3) is 0 Å². The quantitative estimate of drug-likeness (QED) is 0.589. The lowest BCUT2D eigenvalue weighted by atomic mass is 10.1. The molecule has 3 nitrogen and oxygen atoms in total. The van der Waals surface area contributed by atoms with Crippen molar-refractivity contribution in [3.63, 3.8) is 0 Å². The van der Waals surface area contributed by atoms with Crippen LogP contribution in [0.5, 0.6) is 0 Å². The fraction of sp³-hybridized carbons (Fsp3) is 0.538. The van der Waals surface area contributed by atoms with Gasteiger partial charge in [-0.25, -0.2) is 0 Å². The average Bonchev–Trinajstić information content (AvgIpc) is 2.98. The third-order valence-electron chi connectivity index (χ3n) is 3.06. The summed E-state index contributed by atoms with van der Waals surface area (Å²) in [5.41, 5.74) is 1.02. The van der Waals surface area contributed by atoms with Crippen LogP contribution in [-0.4, -0.2) is 30.0 Å². The van der Waals surface area contributed by atoms with Crippen molar-refractivity contribution in [1.82, 2.24) is 0 Å². The monoisotopic (exact) mass is 222 g/mol. The zero-order chi connectivity index (χ0) is 11.4. The Morgan fingerprint density at radius 3 is 2.75 bits per heavy atom. The van der Waals surface area contributed by atoms with Crippen molar-refractivity contribution < 1.29 is 14.6 Å². The summed E-state index contributed by atoms with van der Waals surface area (Å²) in [4.78, 5) is 0. The van der Waals surface area contributed by atoms with Gasteiger partial charge >= 0.3 is 0 Å². The van der Waals surface area contributed by atoms with Crippen LogP contribution in [0.15, 0.2) is 30.3 Å². The smallest absolute Gasteiger partial charge is 0.110 e. The number of aliphatic hydroxyl groups is 1. The Bertz CT molecular complexity index is 325. The zero-order valence-electron chi connectivity index (χ0n) is 9.56. The van der Waals surface area contributed by atoms with Gasteiger partial charge in [0.2, 0.25) is 0 Å². The summed E-state index contributed by atoms with van der Waals surface area (Å²) in [7, 11) is 0. The molecule has 1 saturated heterocycles. The van der Waals surface area contributed by atoms with Crippen LogP contribution in [0.3, 0.4) is 0 Å². The first-order valence-corrected chi connectivity index (χ1v) is 5.65. The van der Waals surface area contributed by atoms with E-state index in [1.54, 1.807) is 0 Å². The van der Waals surface area contributed by atoms with E-state index >= 15 is 0 Å². The molecule has 0 aliphatic carbocycles. The van der Waals surface area contributed by atoms with Crippen LogP contribution < -0.4 is 0 Å². The molecule has 2 atom stereocenters. The maximum absolute atomic E-state index is 8.91. The molecule has 1 aliphatic heterocycles. The number of rotatable bonds is 6. The van der Waals surface area contributed by atoms with E-state index in [9.17, 15) is 0 Å². The highest BCUT2D eigenvalue weighted by atomic mass is 16.6. The van der Waals surface area contributed by atoms with Gasteiger partial charge in [-0.05, 0) is 12.5 Å². The van der Waals surface area contributed by atoms with E-state index in [4.69, 9.17) is 14.6 Å². The van der Waals surface area contributed by atoms with E-state index in [1.807, 2.05) is 37.3 Å². The van der Waals surface area contributed by atoms with Crippen LogP contribution in [0.1, 0.15) is 18.9 Å². The SMILES string of the molecule is C[C@]1(CCOCc2ccccc2)O[C@@H]1CO. The second kappa shape index (κ2) is 4.95. The second-order valence-electron chi connectivity index (χ2n) is 4.39. The van der Waals surface area contributed by atoms with E-state index in [0.29, 0.717) is 13.2 Å². The van der Waals surface area contributed by atoms with E-state index in [2.05, 4.69) is 0 Å². The number of hydrogen-bond donors (Lipinski definition) is 1. The van der Waals surface area contributed by atoms with Crippen molar-refractivity contribution in [2.75, 3.05) is 13.2 Å². The molecule has 1 fully saturated rings. The molecule has 1 heterocycles. The van der Waals surface area contributed by atoms with Gasteiger partial charge in [-0.2, -0.15) is 0 Å². The van der Waals surface area contributed by atoms with Crippen LogP contribution in [-0.2, 0) is 16.1 Å². The maximum atomic E-state index is 8.91. The van der Waals surface area contributed by atoms with E-state index in [0.717, 1.165) is 6.42 Å². The predicted molar refractivity (Wildman–Crippen MR) is 61.1 cm³/mol. The van der Waals surface area contributed by atoms with Gasteiger partial charge in [0.15, 0.2) is 0 Å². The summed E-state index contributed by atoms with van der Waals surface area (Å²) in [5.74, 6) is 0. The highest BCUT2D eigenvalue weighted by molar-refractivity contribution is 5.13. The molecule has 0 saturated carbocycles. The highest BCUT2D eigenvalue weighted by Gasteiger charge is 2.51. The Hall–Kier alpha value is -0.900. The maximum Gasteiger partial charge on any atom is 0.110 e. The lowest BCUT2D eigenvalue weighted by molar-refractivity contribution is 0.102. The zero-order valence-corrected chi connectivity index (χ0v) is 9.56. The minimum atomic E-state index is -0.161. The molecular weight excluding hydrogens is 204 g/mol. The van der Waals surface area contributed by atoms with Crippen molar-refractivity contribution in [3.05, 3.63) is 35.9 Å². The fourth-order valence-electron chi connectivity index (χ4n) is 1.78. The molecule has 0 bridgehead atoms. The molecule has 0 unspecified atom stereocenters. The predicted octanol–water partition coefficient (Wildman–Crippen LogP) is 1.74. The van der Waals surface area contributed by atoms with Crippen LogP contribution in [0.2, 0.25) is 0 Å². The number of aliphatic hydroxyl groups excluding tert-OH is 1. The number of benzene rings is 1. The summed E-state index contributed by atoms with van der Waals surface area (Å²) < 4.78 is 10.9. The molecule has 0 aromatic heterocycles. The van der Waals surface area contributed by atoms with Crippen molar-refractivity contribution in [3.8, 4) is 0 Å². The molecular formula is C13H18O3. The summed E-state index contributed by atoms with van der Waals surface area (Å²) in [5, 5.41) is 8.91. The number of hydrogen-bond acceptors (Lipinski definition) is 3. The fourth-order valence-corrected chi connectivity index (χ4v) is 1.78. The first-order chi connectivity index (χ1) is 7.74. The van der Waals surface area contributed by atoms with Crippen LogP contribution >= 0.6 is 0 Å². The average molecular weight is 222 g/mol. The Morgan fingerprint density at radius 2 is 2.12 bits per heavy atom. The molecule has 1 aromatic carbocycles. The molecule has 0 amide bonds. The minimum absolute atomic E-state index is 0.00725. The number of epoxide rings is 1. The van der Waals surface area contributed by atoms with E-state index in [1.165, 1.54) is 5.56 Å². The second-order valence-corrected chi connectivity index (χ2v) is 4.39. The van der Waals surface area contributed by atoms with Crippen LogP contribution in [0, 0.1) is 0 Å². The molecule has 1 aliphatic rings. The van der Waals surface area contributed by atoms with Crippen molar-refractivity contribution in [2.45, 2.75) is 31.7 Å². The van der Waals surface area contributed by atoms with Gasteiger partial charge in [-0.1, -0.05) is 30.3 Å². The van der Waals surface area contributed by atoms with Crippen molar-refractivity contribution in [1.29, 1.82) is 0 Å². The third kappa shape index (κ3) is 2.82. The minimum Gasteiger partial charge on any atom is -0.394 e. The van der Waals surface area contributed by atoms with Gasteiger partial charge in [-0.15, -0.1) is 0 Å². The molecule has 88 valence electrons. The third-order valence-corrected chi connectivity index (χ3v) is 3.06. The van der Waals surface area contributed by atoms with Crippen LogP contribution in [0.25, 0.3) is 0 Å².